The second kappa shape index (κ2) is 9.43. The van der Waals surface area contributed by atoms with Gasteiger partial charge in [-0.25, -0.2) is 0 Å². The molecule has 0 aromatic heterocycles. The molecule has 0 saturated carbocycles. The molecule has 0 bridgehead atoms. The number of carbonyl (C=O) groups excluding carboxylic acids is 1. The summed E-state index contributed by atoms with van der Waals surface area (Å²) in [5.41, 5.74) is 2.36. The number of benzene rings is 1. The standard InChI is InChI=1S/C18H30N2O/c1-5-7-9-16-10-12-17(13-11-16)20-15(4)18(21)19-14(3)8-6-2/h10-15,20H,5-9H2,1-4H3,(H,19,21). The summed E-state index contributed by atoms with van der Waals surface area (Å²) >= 11 is 0. The van der Waals surface area contributed by atoms with Crippen molar-refractivity contribution >= 4 is 11.6 Å². The van der Waals surface area contributed by atoms with E-state index >= 15 is 0 Å². The van der Waals surface area contributed by atoms with Gasteiger partial charge in [-0.3, -0.25) is 4.79 Å². The van der Waals surface area contributed by atoms with Crippen LogP contribution in [-0.2, 0) is 11.2 Å². The highest BCUT2D eigenvalue weighted by atomic mass is 16.2. The maximum Gasteiger partial charge on any atom is 0.242 e. The van der Waals surface area contributed by atoms with E-state index in [9.17, 15) is 4.79 Å². The summed E-state index contributed by atoms with van der Waals surface area (Å²) in [5.74, 6) is 0.0611. The van der Waals surface area contributed by atoms with Crippen LogP contribution in [0.25, 0.3) is 0 Å². The minimum Gasteiger partial charge on any atom is -0.374 e. The Labute approximate surface area is 129 Å². The second-order valence-electron chi connectivity index (χ2n) is 5.86. The van der Waals surface area contributed by atoms with Gasteiger partial charge in [0.1, 0.15) is 6.04 Å². The predicted octanol–water partition coefficient (Wildman–Crippen LogP) is 4.13. The molecule has 0 fully saturated rings. The highest BCUT2D eigenvalue weighted by molar-refractivity contribution is 5.84. The summed E-state index contributed by atoms with van der Waals surface area (Å²) < 4.78 is 0. The topological polar surface area (TPSA) is 41.1 Å². The van der Waals surface area contributed by atoms with E-state index in [0.717, 1.165) is 24.9 Å². The van der Waals surface area contributed by atoms with Gasteiger partial charge in [0.05, 0.1) is 0 Å². The molecule has 1 amide bonds. The molecule has 2 unspecified atom stereocenters. The van der Waals surface area contributed by atoms with Gasteiger partial charge in [-0.1, -0.05) is 38.8 Å². The van der Waals surface area contributed by atoms with Crippen molar-refractivity contribution in [3.05, 3.63) is 29.8 Å². The lowest BCUT2D eigenvalue weighted by Crippen LogP contribution is -2.42. The molecule has 0 aliphatic carbocycles. The first-order chi connectivity index (χ1) is 10.1. The van der Waals surface area contributed by atoms with E-state index in [4.69, 9.17) is 0 Å². The van der Waals surface area contributed by atoms with Crippen LogP contribution in [0.15, 0.2) is 24.3 Å². The lowest BCUT2D eigenvalue weighted by Gasteiger charge is -2.19. The molecule has 0 aliphatic rings. The highest BCUT2D eigenvalue weighted by Crippen LogP contribution is 2.13. The molecule has 1 aromatic rings. The summed E-state index contributed by atoms with van der Waals surface area (Å²) in [5, 5.41) is 6.30. The molecule has 3 nitrogen and oxygen atoms in total. The van der Waals surface area contributed by atoms with Crippen LogP contribution in [0, 0.1) is 0 Å². The van der Waals surface area contributed by atoms with E-state index in [-0.39, 0.29) is 18.0 Å². The van der Waals surface area contributed by atoms with E-state index in [2.05, 4.69) is 55.7 Å². The Kier molecular flexibility index (Phi) is 7.88. The van der Waals surface area contributed by atoms with Crippen molar-refractivity contribution < 1.29 is 4.79 Å². The van der Waals surface area contributed by atoms with Crippen molar-refractivity contribution in [2.24, 2.45) is 0 Å². The van der Waals surface area contributed by atoms with Crippen molar-refractivity contribution in [1.82, 2.24) is 5.32 Å². The average Bonchev–Trinajstić information content (AvgIpc) is 2.46. The summed E-state index contributed by atoms with van der Waals surface area (Å²) in [7, 11) is 0. The molecule has 2 atom stereocenters. The SMILES string of the molecule is CCCCc1ccc(NC(C)C(=O)NC(C)CCC)cc1. The summed E-state index contributed by atoms with van der Waals surface area (Å²) in [4.78, 5) is 12.1. The van der Waals surface area contributed by atoms with E-state index in [1.54, 1.807) is 0 Å². The zero-order valence-corrected chi connectivity index (χ0v) is 13.9. The normalized spacial score (nSPS) is 13.5. The van der Waals surface area contributed by atoms with Gasteiger partial charge in [0, 0.05) is 11.7 Å². The Morgan fingerprint density at radius 1 is 1.10 bits per heavy atom. The molecule has 3 heteroatoms. The number of unbranched alkanes of at least 4 members (excludes halogenated alkanes) is 1. The van der Waals surface area contributed by atoms with Crippen molar-refractivity contribution in [2.45, 2.75) is 71.9 Å². The minimum absolute atomic E-state index is 0.0611. The molecular formula is C18H30N2O. The molecule has 0 saturated heterocycles. The van der Waals surface area contributed by atoms with Crippen LogP contribution < -0.4 is 10.6 Å². The van der Waals surface area contributed by atoms with Gasteiger partial charge in [-0.05, 0) is 50.8 Å². The Morgan fingerprint density at radius 3 is 2.33 bits per heavy atom. The van der Waals surface area contributed by atoms with Crippen molar-refractivity contribution in [3.63, 3.8) is 0 Å². The number of carbonyl (C=O) groups is 1. The molecular weight excluding hydrogens is 260 g/mol. The fourth-order valence-electron chi connectivity index (χ4n) is 2.34. The zero-order chi connectivity index (χ0) is 15.7. The van der Waals surface area contributed by atoms with Gasteiger partial charge in [0.15, 0.2) is 0 Å². The Bertz CT molecular complexity index is 414. The van der Waals surface area contributed by atoms with Crippen molar-refractivity contribution in [1.29, 1.82) is 0 Å². The van der Waals surface area contributed by atoms with Crippen molar-refractivity contribution in [2.75, 3.05) is 5.32 Å². The Balaban J connectivity index is 2.46. The molecule has 1 aromatic carbocycles. The van der Waals surface area contributed by atoms with E-state index in [0.29, 0.717) is 0 Å². The van der Waals surface area contributed by atoms with Gasteiger partial charge in [-0.2, -0.15) is 0 Å². The van der Waals surface area contributed by atoms with Gasteiger partial charge in [0.25, 0.3) is 0 Å². The molecule has 0 spiro atoms. The van der Waals surface area contributed by atoms with Gasteiger partial charge in [0.2, 0.25) is 5.91 Å². The fourth-order valence-corrected chi connectivity index (χ4v) is 2.34. The smallest absolute Gasteiger partial charge is 0.242 e. The third kappa shape index (κ3) is 6.65. The fraction of sp³-hybridized carbons (Fsp3) is 0.611. The van der Waals surface area contributed by atoms with Gasteiger partial charge < -0.3 is 10.6 Å². The van der Waals surface area contributed by atoms with Crippen LogP contribution in [0.4, 0.5) is 5.69 Å². The van der Waals surface area contributed by atoms with Crippen LogP contribution in [0.2, 0.25) is 0 Å². The maximum atomic E-state index is 12.1. The molecule has 118 valence electrons. The highest BCUT2D eigenvalue weighted by Gasteiger charge is 2.14. The van der Waals surface area contributed by atoms with Crippen LogP contribution in [0.5, 0.6) is 0 Å². The molecule has 1 rings (SSSR count). The predicted molar refractivity (Wildman–Crippen MR) is 90.7 cm³/mol. The molecule has 0 heterocycles. The number of hydrogen-bond donors (Lipinski definition) is 2. The number of anilines is 1. The number of hydrogen-bond acceptors (Lipinski definition) is 2. The number of rotatable bonds is 9. The largest absolute Gasteiger partial charge is 0.374 e. The number of aryl methyl sites for hydroxylation is 1. The van der Waals surface area contributed by atoms with Crippen LogP contribution in [0.3, 0.4) is 0 Å². The zero-order valence-electron chi connectivity index (χ0n) is 13.9. The minimum atomic E-state index is -0.217. The van der Waals surface area contributed by atoms with Gasteiger partial charge in [-0.15, -0.1) is 0 Å². The first-order valence-corrected chi connectivity index (χ1v) is 8.22. The third-order valence-electron chi connectivity index (χ3n) is 3.66. The van der Waals surface area contributed by atoms with Crippen LogP contribution in [0.1, 0.15) is 58.9 Å². The lowest BCUT2D eigenvalue weighted by atomic mass is 10.1. The second-order valence-corrected chi connectivity index (χ2v) is 5.86. The first kappa shape index (κ1) is 17.5. The lowest BCUT2D eigenvalue weighted by molar-refractivity contribution is -0.122. The van der Waals surface area contributed by atoms with Crippen LogP contribution in [-0.4, -0.2) is 18.0 Å². The first-order valence-electron chi connectivity index (χ1n) is 8.22. The average molecular weight is 290 g/mol. The number of nitrogens with one attached hydrogen (secondary N) is 2. The monoisotopic (exact) mass is 290 g/mol. The van der Waals surface area contributed by atoms with Crippen LogP contribution >= 0.6 is 0 Å². The molecule has 0 aliphatic heterocycles. The van der Waals surface area contributed by atoms with E-state index < -0.39 is 0 Å². The Morgan fingerprint density at radius 2 is 1.76 bits per heavy atom. The Hall–Kier alpha value is -1.51. The van der Waals surface area contributed by atoms with E-state index in [1.165, 1.54) is 18.4 Å². The molecule has 21 heavy (non-hydrogen) atoms. The number of amides is 1. The quantitative estimate of drug-likeness (QED) is 0.718. The van der Waals surface area contributed by atoms with Gasteiger partial charge >= 0.3 is 0 Å². The van der Waals surface area contributed by atoms with Crippen molar-refractivity contribution in [3.8, 4) is 0 Å². The maximum absolute atomic E-state index is 12.1. The third-order valence-corrected chi connectivity index (χ3v) is 3.66. The molecule has 2 N–H and O–H groups in total. The molecule has 0 radical (unpaired) electrons. The van der Waals surface area contributed by atoms with E-state index in [1.807, 2.05) is 6.92 Å². The summed E-state index contributed by atoms with van der Waals surface area (Å²) in [6.45, 7) is 8.29. The summed E-state index contributed by atoms with van der Waals surface area (Å²) in [6, 6.07) is 8.42. The summed E-state index contributed by atoms with van der Waals surface area (Å²) in [6.07, 6.45) is 5.67.